The van der Waals surface area contributed by atoms with Crippen molar-refractivity contribution < 1.29 is 9.47 Å². The lowest BCUT2D eigenvalue weighted by molar-refractivity contribution is 0.121. The summed E-state index contributed by atoms with van der Waals surface area (Å²) >= 11 is 3.50. The third-order valence-corrected chi connectivity index (χ3v) is 4.83. The van der Waals surface area contributed by atoms with Crippen LogP contribution in [0.15, 0.2) is 22.9 Å². The summed E-state index contributed by atoms with van der Waals surface area (Å²) in [4.78, 5) is 22.7. The van der Waals surface area contributed by atoms with Gasteiger partial charge in [0.1, 0.15) is 4.60 Å². The molecule has 2 aliphatic rings. The maximum absolute atomic E-state index is 5.44. The van der Waals surface area contributed by atoms with Crippen molar-refractivity contribution in [3.8, 4) is 11.4 Å². The maximum Gasteiger partial charge on any atom is 0.230 e. The molecule has 9 heteroatoms. The van der Waals surface area contributed by atoms with E-state index in [0.717, 1.165) is 36.3 Å². The van der Waals surface area contributed by atoms with Gasteiger partial charge in [-0.05, 0) is 28.1 Å². The third-order valence-electron chi connectivity index (χ3n) is 4.20. The van der Waals surface area contributed by atoms with Crippen molar-refractivity contribution in [1.82, 2.24) is 19.9 Å². The lowest BCUT2D eigenvalue weighted by Crippen LogP contribution is -2.40. The second-order valence-electron chi connectivity index (χ2n) is 5.80. The van der Waals surface area contributed by atoms with Gasteiger partial charge in [0.15, 0.2) is 5.82 Å². The number of ether oxygens (including phenoxy) is 2. The molecule has 0 unspecified atom stereocenters. The summed E-state index contributed by atoms with van der Waals surface area (Å²) in [5.41, 5.74) is 0.855. The number of halogens is 1. The first-order chi connectivity index (χ1) is 12.3. The molecule has 0 saturated carbocycles. The van der Waals surface area contributed by atoms with E-state index < -0.39 is 0 Å². The smallest absolute Gasteiger partial charge is 0.230 e. The molecule has 8 nitrogen and oxygen atoms in total. The molecule has 2 aromatic heterocycles. The van der Waals surface area contributed by atoms with E-state index in [2.05, 4.69) is 30.7 Å². The highest BCUT2D eigenvalue weighted by Crippen LogP contribution is 2.26. The Labute approximate surface area is 154 Å². The average Bonchev–Trinajstić information content (AvgIpc) is 2.69. The second-order valence-corrected chi connectivity index (χ2v) is 6.55. The number of morpholine rings is 2. The quantitative estimate of drug-likeness (QED) is 0.707. The third kappa shape index (κ3) is 3.73. The van der Waals surface area contributed by atoms with E-state index in [1.165, 1.54) is 0 Å². The Hall–Kier alpha value is -1.84. The van der Waals surface area contributed by atoms with Gasteiger partial charge in [0.25, 0.3) is 0 Å². The van der Waals surface area contributed by atoms with Crippen molar-refractivity contribution in [2.45, 2.75) is 0 Å². The molecule has 4 heterocycles. The summed E-state index contributed by atoms with van der Waals surface area (Å²) in [5, 5.41) is 0. The molecule has 4 rings (SSSR count). The minimum atomic E-state index is 0.623. The summed E-state index contributed by atoms with van der Waals surface area (Å²) in [5.74, 6) is 1.99. The zero-order valence-electron chi connectivity index (χ0n) is 13.8. The average molecular weight is 407 g/mol. The van der Waals surface area contributed by atoms with E-state index >= 15 is 0 Å². The van der Waals surface area contributed by atoms with Gasteiger partial charge in [0.05, 0.1) is 32.0 Å². The molecule has 2 aliphatic heterocycles. The van der Waals surface area contributed by atoms with Crippen molar-refractivity contribution >= 4 is 27.8 Å². The lowest BCUT2D eigenvalue weighted by Gasteiger charge is -2.30. The fourth-order valence-corrected chi connectivity index (χ4v) is 3.26. The molecule has 0 N–H and O–H groups in total. The highest BCUT2D eigenvalue weighted by molar-refractivity contribution is 9.10. The molecule has 0 bridgehead atoms. The van der Waals surface area contributed by atoms with Crippen molar-refractivity contribution in [3.63, 3.8) is 0 Å². The Morgan fingerprint density at radius 1 is 0.840 bits per heavy atom. The van der Waals surface area contributed by atoms with Crippen LogP contribution in [0.1, 0.15) is 0 Å². The number of pyridine rings is 1. The zero-order valence-corrected chi connectivity index (χ0v) is 15.4. The molecule has 2 saturated heterocycles. The van der Waals surface area contributed by atoms with Crippen LogP contribution >= 0.6 is 15.9 Å². The van der Waals surface area contributed by atoms with Crippen LogP contribution in [0.2, 0.25) is 0 Å². The lowest BCUT2D eigenvalue weighted by atomic mass is 10.3. The van der Waals surface area contributed by atoms with E-state index in [-0.39, 0.29) is 0 Å². The monoisotopic (exact) mass is 406 g/mol. The minimum Gasteiger partial charge on any atom is -0.378 e. The number of hydrogen-bond donors (Lipinski definition) is 0. The van der Waals surface area contributed by atoms with Crippen LogP contribution in [0.3, 0.4) is 0 Å². The SMILES string of the molecule is Brc1ncccc1-c1nc(N2CCOCC2)nc(N2CCOCC2)n1. The molecule has 2 aromatic rings. The van der Waals surface area contributed by atoms with Gasteiger partial charge in [0.2, 0.25) is 11.9 Å². The summed E-state index contributed by atoms with van der Waals surface area (Å²) in [6, 6.07) is 3.84. The highest BCUT2D eigenvalue weighted by atomic mass is 79.9. The molecule has 0 spiro atoms. The van der Waals surface area contributed by atoms with Crippen LogP contribution in [0.5, 0.6) is 0 Å². The Bertz CT molecular complexity index is 698. The Morgan fingerprint density at radius 3 is 1.92 bits per heavy atom. The topological polar surface area (TPSA) is 76.5 Å². The molecule has 25 heavy (non-hydrogen) atoms. The summed E-state index contributed by atoms with van der Waals surface area (Å²) in [6.45, 7) is 5.85. The molecule has 0 amide bonds. The van der Waals surface area contributed by atoms with Gasteiger partial charge < -0.3 is 19.3 Å². The summed E-state index contributed by atoms with van der Waals surface area (Å²) in [7, 11) is 0. The molecule has 0 aromatic carbocycles. The highest BCUT2D eigenvalue weighted by Gasteiger charge is 2.21. The van der Waals surface area contributed by atoms with E-state index in [4.69, 9.17) is 24.4 Å². The predicted molar refractivity (Wildman–Crippen MR) is 96.8 cm³/mol. The first-order valence-electron chi connectivity index (χ1n) is 8.33. The van der Waals surface area contributed by atoms with Crippen molar-refractivity contribution in [3.05, 3.63) is 22.9 Å². The van der Waals surface area contributed by atoms with Gasteiger partial charge in [-0.3, -0.25) is 0 Å². The van der Waals surface area contributed by atoms with Gasteiger partial charge in [-0.1, -0.05) is 0 Å². The minimum absolute atomic E-state index is 0.623. The van der Waals surface area contributed by atoms with Gasteiger partial charge in [-0.2, -0.15) is 15.0 Å². The van der Waals surface area contributed by atoms with E-state index in [1.54, 1.807) is 6.20 Å². The Balaban J connectivity index is 1.75. The number of aromatic nitrogens is 4. The van der Waals surface area contributed by atoms with Crippen LogP contribution in [-0.4, -0.2) is 72.5 Å². The first kappa shape index (κ1) is 16.6. The Kier molecular flexibility index (Phi) is 5.04. The van der Waals surface area contributed by atoms with Gasteiger partial charge >= 0.3 is 0 Å². The van der Waals surface area contributed by atoms with Crippen LogP contribution < -0.4 is 9.80 Å². The predicted octanol–water partition coefficient (Wildman–Crippen LogP) is 1.37. The molecule has 0 atom stereocenters. The van der Waals surface area contributed by atoms with E-state index in [1.807, 2.05) is 12.1 Å². The number of rotatable bonds is 3. The van der Waals surface area contributed by atoms with Gasteiger partial charge in [-0.15, -0.1) is 0 Å². The largest absolute Gasteiger partial charge is 0.378 e. The van der Waals surface area contributed by atoms with Crippen LogP contribution in [0.25, 0.3) is 11.4 Å². The molecular formula is C16H19BrN6O2. The number of anilines is 2. The van der Waals surface area contributed by atoms with E-state index in [0.29, 0.717) is 44.1 Å². The second kappa shape index (κ2) is 7.59. The van der Waals surface area contributed by atoms with Gasteiger partial charge in [-0.25, -0.2) is 4.98 Å². The summed E-state index contributed by atoms with van der Waals surface area (Å²) < 4.78 is 11.6. The van der Waals surface area contributed by atoms with Crippen molar-refractivity contribution in [1.29, 1.82) is 0 Å². The fourth-order valence-electron chi connectivity index (χ4n) is 2.84. The van der Waals surface area contributed by atoms with Crippen molar-refractivity contribution in [2.24, 2.45) is 0 Å². The standard InChI is InChI=1S/C16H19BrN6O2/c17-13-12(2-1-3-18-13)14-19-15(22-4-8-24-9-5-22)21-16(20-14)23-6-10-25-11-7-23/h1-3H,4-11H2. The molecular weight excluding hydrogens is 388 g/mol. The molecule has 0 radical (unpaired) electrons. The zero-order chi connectivity index (χ0) is 17.1. The first-order valence-corrected chi connectivity index (χ1v) is 9.13. The van der Waals surface area contributed by atoms with Gasteiger partial charge in [0, 0.05) is 32.4 Å². The Morgan fingerprint density at radius 2 is 1.40 bits per heavy atom. The normalized spacial score (nSPS) is 18.4. The van der Waals surface area contributed by atoms with Crippen LogP contribution in [0.4, 0.5) is 11.9 Å². The van der Waals surface area contributed by atoms with Crippen LogP contribution in [0, 0.1) is 0 Å². The summed E-state index contributed by atoms with van der Waals surface area (Å²) in [6.07, 6.45) is 1.74. The maximum atomic E-state index is 5.44. The molecule has 2 fully saturated rings. The van der Waals surface area contributed by atoms with Crippen LogP contribution in [-0.2, 0) is 9.47 Å². The molecule has 0 aliphatic carbocycles. The number of nitrogens with zero attached hydrogens (tertiary/aromatic N) is 6. The van der Waals surface area contributed by atoms with E-state index in [9.17, 15) is 0 Å². The number of hydrogen-bond acceptors (Lipinski definition) is 8. The molecule has 132 valence electrons. The van der Waals surface area contributed by atoms with Crippen molar-refractivity contribution in [2.75, 3.05) is 62.4 Å². The fraction of sp³-hybridized carbons (Fsp3) is 0.500.